The normalized spacial score (nSPS) is 17.2. The minimum Gasteiger partial charge on any atom is -0.350 e. The van der Waals surface area contributed by atoms with E-state index in [9.17, 15) is 14.9 Å². The van der Waals surface area contributed by atoms with E-state index in [0.29, 0.717) is 36.2 Å². The highest BCUT2D eigenvalue weighted by Gasteiger charge is 2.30. The van der Waals surface area contributed by atoms with Gasteiger partial charge < -0.3 is 10.2 Å². The molecule has 1 fully saturated rings. The summed E-state index contributed by atoms with van der Waals surface area (Å²) >= 11 is 5.78. The van der Waals surface area contributed by atoms with Gasteiger partial charge in [-0.25, -0.2) is 9.97 Å². The Morgan fingerprint density at radius 2 is 2.20 bits per heavy atom. The van der Waals surface area contributed by atoms with Gasteiger partial charge in [-0.3, -0.25) is 14.9 Å². The number of hydrogen-bond donors (Lipinski definition) is 1. The average Bonchev–Trinajstić information content (AvgIpc) is 2.63. The van der Waals surface area contributed by atoms with E-state index in [4.69, 9.17) is 11.6 Å². The summed E-state index contributed by atoms with van der Waals surface area (Å²) in [6.45, 7) is 0.998. The Morgan fingerprint density at radius 3 is 2.92 bits per heavy atom. The van der Waals surface area contributed by atoms with Crippen LogP contribution < -0.4 is 10.2 Å². The zero-order valence-electron chi connectivity index (χ0n) is 13.3. The standard InChI is InChI=1S/C16H16ClN5O3/c17-12-5-6-14(19-9-12)20-16(23)11-3-2-8-21(10-11)15-13(22(24)25)4-1-7-18-15/h1,4-7,9,11H,2-3,8,10H2,(H,19,20,23)/t11-/m0/s1. The number of piperidine rings is 1. The summed E-state index contributed by atoms with van der Waals surface area (Å²) < 4.78 is 0. The van der Waals surface area contributed by atoms with Gasteiger partial charge in [0.15, 0.2) is 0 Å². The number of aromatic nitrogens is 2. The Hall–Kier alpha value is -2.74. The fraction of sp³-hybridized carbons (Fsp3) is 0.312. The SMILES string of the molecule is O=C(Nc1ccc(Cl)cn1)[C@H]1CCCN(c2ncccc2[N+](=O)[O-])C1. The van der Waals surface area contributed by atoms with Crippen LogP contribution in [0.5, 0.6) is 0 Å². The van der Waals surface area contributed by atoms with Crippen molar-refractivity contribution in [3.63, 3.8) is 0 Å². The Morgan fingerprint density at radius 1 is 1.36 bits per heavy atom. The van der Waals surface area contributed by atoms with Crippen molar-refractivity contribution >= 4 is 34.8 Å². The summed E-state index contributed by atoms with van der Waals surface area (Å²) in [7, 11) is 0. The van der Waals surface area contributed by atoms with E-state index < -0.39 is 4.92 Å². The molecule has 9 heteroatoms. The van der Waals surface area contributed by atoms with Crippen molar-refractivity contribution in [3.05, 3.63) is 51.8 Å². The second-order valence-electron chi connectivity index (χ2n) is 5.74. The van der Waals surface area contributed by atoms with E-state index in [1.165, 1.54) is 24.5 Å². The van der Waals surface area contributed by atoms with Crippen molar-refractivity contribution in [2.24, 2.45) is 5.92 Å². The highest BCUT2D eigenvalue weighted by atomic mass is 35.5. The van der Waals surface area contributed by atoms with Crippen molar-refractivity contribution in [1.29, 1.82) is 0 Å². The van der Waals surface area contributed by atoms with Crippen LogP contribution in [-0.2, 0) is 4.79 Å². The summed E-state index contributed by atoms with van der Waals surface area (Å²) in [5, 5.41) is 14.4. The number of nitrogens with zero attached hydrogens (tertiary/aromatic N) is 4. The minimum atomic E-state index is -0.455. The van der Waals surface area contributed by atoms with E-state index in [1.54, 1.807) is 17.0 Å². The van der Waals surface area contributed by atoms with Crippen molar-refractivity contribution in [1.82, 2.24) is 9.97 Å². The lowest BCUT2D eigenvalue weighted by Crippen LogP contribution is -2.41. The monoisotopic (exact) mass is 361 g/mol. The van der Waals surface area contributed by atoms with Crippen LogP contribution >= 0.6 is 11.6 Å². The maximum atomic E-state index is 12.5. The maximum absolute atomic E-state index is 12.5. The Labute approximate surface area is 149 Å². The van der Waals surface area contributed by atoms with Crippen LogP contribution in [0.3, 0.4) is 0 Å². The first-order valence-electron chi connectivity index (χ1n) is 7.81. The third kappa shape index (κ3) is 4.03. The number of nitrogens with one attached hydrogen (secondary N) is 1. The first-order chi connectivity index (χ1) is 12.0. The maximum Gasteiger partial charge on any atom is 0.311 e. The quantitative estimate of drug-likeness (QED) is 0.663. The zero-order valence-corrected chi connectivity index (χ0v) is 14.0. The van der Waals surface area contributed by atoms with Crippen LogP contribution in [0.15, 0.2) is 36.7 Å². The van der Waals surface area contributed by atoms with Gasteiger partial charge in [0.05, 0.1) is 15.9 Å². The molecule has 2 aromatic heterocycles. The van der Waals surface area contributed by atoms with E-state index in [-0.39, 0.29) is 17.5 Å². The molecule has 0 radical (unpaired) electrons. The van der Waals surface area contributed by atoms with Crippen molar-refractivity contribution in [2.75, 3.05) is 23.3 Å². The van der Waals surface area contributed by atoms with Crippen LogP contribution in [0.1, 0.15) is 12.8 Å². The van der Waals surface area contributed by atoms with Crippen LogP contribution in [0, 0.1) is 16.0 Å². The molecule has 1 aliphatic rings. The molecule has 1 atom stereocenters. The third-order valence-corrected chi connectivity index (χ3v) is 4.26. The predicted octanol–water partition coefficient (Wildman–Crippen LogP) is 2.89. The number of anilines is 2. The summed E-state index contributed by atoms with van der Waals surface area (Å²) in [5.74, 6) is 0.260. The highest BCUT2D eigenvalue weighted by Crippen LogP contribution is 2.29. The fourth-order valence-electron chi connectivity index (χ4n) is 2.84. The van der Waals surface area contributed by atoms with E-state index >= 15 is 0 Å². The largest absolute Gasteiger partial charge is 0.350 e. The van der Waals surface area contributed by atoms with Gasteiger partial charge in [-0.15, -0.1) is 0 Å². The van der Waals surface area contributed by atoms with Crippen LogP contribution in [0.25, 0.3) is 0 Å². The van der Waals surface area contributed by atoms with E-state index in [2.05, 4.69) is 15.3 Å². The molecule has 0 saturated carbocycles. The number of carbonyl (C=O) groups is 1. The molecule has 2 aromatic rings. The molecule has 0 aliphatic carbocycles. The van der Waals surface area contributed by atoms with Gasteiger partial charge in [0.1, 0.15) is 5.82 Å². The van der Waals surface area contributed by atoms with Crippen LogP contribution in [0.4, 0.5) is 17.3 Å². The summed E-state index contributed by atoms with van der Waals surface area (Å²) in [5.41, 5.74) is -0.0528. The molecule has 1 saturated heterocycles. The molecule has 130 valence electrons. The molecule has 0 unspecified atom stereocenters. The molecule has 0 bridgehead atoms. The number of rotatable bonds is 4. The van der Waals surface area contributed by atoms with Gasteiger partial charge in [0.2, 0.25) is 11.7 Å². The minimum absolute atomic E-state index is 0.0528. The van der Waals surface area contributed by atoms with Crippen LogP contribution in [0.2, 0.25) is 5.02 Å². The summed E-state index contributed by atoms with van der Waals surface area (Å²) in [4.78, 5) is 33.2. The third-order valence-electron chi connectivity index (χ3n) is 4.03. The molecule has 0 spiro atoms. The molecule has 0 aromatic carbocycles. The molecule has 1 N–H and O–H groups in total. The second-order valence-corrected chi connectivity index (χ2v) is 6.18. The van der Waals surface area contributed by atoms with Gasteiger partial charge in [0.25, 0.3) is 0 Å². The summed E-state index contributed by atoms with van der Waals surface area (Å²) in [6, 6.07) is 6.23. The average molecular weight is 362 g/mol. The topological polar surface area (TPSA) is 101 Å². The molecule has 8 nitrogen and oxygen atoms in total. The lowest BCUT2D eigenvalue weighted by molar-refractivity contribution is -0.384. The Kier molecular flexibility index (Phi) is 5.08. The van der Waals surface area contributed by atoms with Crippen molar-refractivity contribution < 1.29 is 9.72 Å². The summed E-state index contributed by atoms with van der Waals surface area (Å²) in [6.07, 6.45) is 4.43. The van der Waals surface area contributed by atoms with Gasteiger partial charge in [-0.1, -0.05) is 11.6 Å². The smallest absolute Gasteiger partial charge is 0.311 e. The molecule has 25 heavy (non-hydrogen) atoms. The Balaban J connectivity index is 1.72. The number of nitro groups is 1. The van der Waals surface area contributed by atoms with Gasteiger partial charge in [-0.05, 0) is 31.0 Å². The first-order valence-corrected chi connectivity index (χ1v) is 8.19. The molecule has 1 aliphatic heterocycles. The van der Waals surface area contributed by atoms with Gasteiger partial charge >= 0.3 is 5.69 Å². The number of halogens is 1. The molecule has 3 heterocycles. The second kappa shape index (κ2) is 7.43. The highest BCUT2D eigenvalue weighted by molar-refractivity contribution is 6.30. The van der Waals surface area contributed by atoms with E-state index in [0.717, 1.165) is 6.42 Å². The van der Waals surface area contributed by atoms with Gasteiger partial charge in [0, 0.05) is 31.5 Å². The van der Waals surface area contributed by atoms with Crippen molar-refractivity contribution in [3.8, 4) is 0 Å². The Bertz CT molecular complexity index is 784. The van der Waals surface area contributed by atoms with Gasteiger partial charge in [-0.2, -0.15) is 0 Å². The number of amides is 1. The number of hydrogen-bond acceptors (Lipinski definition) is 6. The van der Waals surface area contributed by atoms with E-state index in [1.807, 2.05) is 0 Å². The zero-order chi connectivity index (χ0) is 17.8. The number of pyridine rings is 2. The lowest BCUT2D eigenvalue weighted by Gasteiger charge is -2.32. The van der Waals surface area contributed by atoms with Crippen molar-refractivity contribution in [2.45, 2.75) is 12.8 Å². The molecule has 1 amide bonds. The van der Waals surface area contributed by atoms with Crippen LogP contribution in [-0.4, -0.2) is 33.9 Å². The number of carbonyl (C=O) groups excluding carboxylic acids is 1. The lowest BCUT2D eigenvalue weighted by atomic mass is 9.97. The molecule has 3 rings (SSSR count). The first kappa shape index (κ1) is 17.1. The molecular weight excluding hydrogens is 346 g/mol. The predicted molar refractivity (Wildman–Crippen MR) is 93.7 cm³/mol. The molecular formula is C16H16ClN5O3. The fourth-order valence-corrected chi connectivity index (χ4v) is 2.95.